The summed E-state index contributed by atoms with van der Waals surface area (Å²) in [5.74, 6) is 2.93. The van der Waals surface area contributed by atoms with Gasteiger partial charge in [-0.15, -0.1) is 0 Å². The summed E-state index contributed by atoms with van der Waals surface area (Å²) >= 11 is 0. The molecule has 7 nitrogen and oxygen atoms in total. The highest BCUT2D eigenvalue weighted by Crippen LogP contribution is 2.09. The molecule has 0 aromatic carbocycles. The normalized spacial score (nSPS) is 8.09. The van der Waals surface area contributed by atoms with E-state index in [0.29, 0.717) is 5.92 Å². The van der Waals surface area contributed by atoms with Crippen LogP contribution in [0.15, 0.2) is 115 Å². The maximum Gasteiger partial charge on any atom is 0.248 e. The number of rotatable bonds is 1. The van der Waals surface area contributed by atoms with Crippen molar-refractivity contribution in [2.45, 2.75) is 151 Å². The summed E-state index contributed by atoms with van der Waals surface area (Å²) in [6, 6.07) is 19.0. The van der Waals surface area contributed by atoms with Crippen LogP contribution < -0.4 is 5.56 Å². The van der Waals surface area contributed by atoms with Gasteiger partial charge < -0.3 is 4.98 Å². The average Bonchev–Trinajstić information content (AvgIpc) is 3.67. The van der Waals surface area contributed by atoms with E-state index in [1.807, 2.05) is 128 Å². The second-order valence-electron chi connectivity index (χ2n) is 11.7. The average molecular weight is 739 g/mol. The van der Waals surface area contributed by atoms with Crippen LogP contribution >= 0.6 is 0 Å². The number of fused-ring (bicyclic) bond motifs is 1. The SMILES string of the molecule is CC.CC.CC.CC.CC.CC(C)C.CC(C)C.CC(C)C.CC(C)c1cc[nH]c(=O)c1.c1ccn2nccc2c1.c1ccncc1.c1cncnc1. The molecular formula is C46H86N6O. The lowest BCUT2D eigenvalue weighted by Crippen LogP contribution is -2.04. The van der Waals surface area contributed by atoms with Crippen LogP contribution in [0.5, 0.6) is 0 Å². The van der Waals surface area contributed by atoms with Crippen molar-refractivity contribution in [1.29, 1.82) is 0 Å². The van der Waals surface area contributed by atoms with Crippen molar-refractivity contribution in [3.05, 3.63) is 126 Å². The van der Waals surface area contributed by atoms with Crippen molar-refractivity contribution < 1.29 is 0 Å². The van der Waals surface area contributed by atoms with Crippen LogP contribution in [0.4, 0.5) is 0 Å². The van der Waals surface area contributed by atoms with Gasteiger partial charge in [-0.05, 0) is 71.7 Å². The zero-order valence-corrected chi connectivity index (χ0v) is 38.3. The van der Waals surface area contributed by atoms with Gasteiger partial charge in [0.15, 0.2) is 0 Å². The molecule has 5 rings (SSSR count). The third kappa shape index (κ3) is 66.7. The molecule has 0 saturated carbocycles. The van der Waals surface area contributed by atoms with E-state index in [1.54, 1.807) is 49.3 Å². The number of nitrogens with one attached hydrogen (secondary N) is 1. The predicted molar refractivity (Wildman–Crippen MR) is 241 cm³/mol. The highest BCUT2D eigenvalue weighted by molar-refractivity contribution is 5.44. The van der Waals surface area contributed by atoms with Gasteiger partial charge in [0, 0.05) is 49.4 Å². The van der Waals surface area contributed by atoms with Crippen LogP contribution in [0, 0.1) is 17.8 Å². The van der Waals surface area contributed by atoms with E-state index in [1.165, 1.54) is 6.33 Å². The summed E-state index contributed by atoms with van der Waals surface area (Å²) in [6.07, 6.45) is 13.8. The highest BCUT2D eigenvalue weighted by Gasteiger charge is 1.96. The quantitative estimate of drug-likeness (QED) is 0.185. The molecule has 306 valence electrons. The standard InChI is InChI=1S/C8H11NO.C7H6N2.C5H5N.C4H4N2.3C4H10.5C2H6/c1-6(2)7-3-4-9-8(10)5-7;1-2-6-9-7(3-1)4-5-8-9;1-2-4-6-5-3-1;1-2-5-4-6-3-1;3*1-4(2)3;5*1-2/h3-6H,1-2H3,(H,9,10);1-6H;1-5H;1-4H;3*4H,1-3H3;5*1-2H3. The van der Waals surface area contributed by atoms with E-state index in [0.717, 1.165) is 28.8 Å². The largest absolute Gasteiger partial charge is 0.329 e. The predicted octanol–water partition coefficient (Wildman–Crippen LogP) is 14.5. The van der Waals surface area contributed by atoms with Gasteiger partial charge in [0.1, 0.15) is 6.33 Å². The first-order valence-corrected chi connectivity index (χ1v) is 20.0. The topological polar surface area (TPSA) is 88.8 Å². The number of H-pyrrole nitrogens is 1. The fraction of sp³-hybridized carbons (Fsp3) is 0.543. The second kappa shape index (κ2) is 57.2. The second-order valence-corrected chi connectivity index (χ2v) is 11.7. The maximum absolute atomic E-state index is 10.7. The first-order valence-electron chi connectivity index (χ1n) is 20.0. The summed E-state index contributed by atoms with van der Waals surface area (Å²) in [6.45, 7) is 43.6. The molecule has 1 N–H and O–H groups in total. The Kier molecular flexibility index (Phi) is 69.0. The number of hydrogen-bond acceptors (Lipinski definition) is 5. The van der Waals surface area contributed by atoms with Crippen molar-refractivity contribution in [3.8, 4) is 0 Å². The van der Waals surface area contributed by atoms with Crippen LogP contribution in [0.3, 0.4) is 0 Å². The molecule has 5 aromatic heterocycles. The van der Waals surface area contributed by atoms with E-state index < -0.39 is 0 Å². The van der Waals surface area contributed by atoms with Crippen LogP contribution in [-0.4, -0.2) is 29.5 Å². The van der Waals surface area contributed by atoms with Gasteiger partial charge >= 0.3 is 0 Å². The molecule has 0 atom stereocenters. The number of nitrogens with zero attached hydrogens (tertiary/aromatic N) is 5. The number of aromatic nitrogens is 6. The number of aromatic amines is 1. The number of hydrogen-bond donors (Lipinski definition) is 1. The van der Waals surface area contributed by atoms with Gasteiger partial charge in [0.05, 0.1) is 5.52 Å². The van der Waals surface area contributed by atoms with Crippen molar-refractivity contribution in [2.75, 3.05) is 0 Å². The Labute approximate surface area is 329 Å². The Morgan fingerprint density at radius 1 is 0.509 bits per heavy atom. The fourth-order valence-electron chi connectivity index (χ4n) is 2.25. The molecule has 0 aliphatic carbocycles. The molecule has 5 heterocycles. The Hall–Kier alpha value is -4.13. The van der Waals surface area contributed by atoms with Crippen LogP contribution in [-0.2, 0) is 0 Å². The molecule has 0 aliphatic rings. The van der Waals surface area contributed by atoms with Crippen LogP contribution in [0.25, 0.3) is 5.52 Å². The first kappa shape index (κ1) is 63.9. The zero-order chi connectivity index (χ0) is 42.9. The van der Waals surface area contributed by atoms with Gasteiger partial charge in [0.2, 0.25) is 5.56 Å². The fourth-order valence-corrected chi connectivity index (χ4v) is 2.25. The van der Waals surface area contributed by atoms with E-state index in [2.05, 4.69) is 101 Å². The lowest BCUT2D eigenvalue weighted by Gasteiger charge is -2.01. The van der Waals surface area contributed by atoms with Crippen molar-refractivity contribution in [3.63, 3.8) is 0 Å². The van der Waals surface area contributed by atoms with E-state index in [9.17, 15) is 4.79 Å². The summed E-state index contributed by atoms with van der Waals surface area (Å²) < 4.78 is 1.83. The van der Waals surface area contributed by atoms with Gasteiger partial charge in [-0.1, -0.05) is 158 Å². The maximum atomic E-state index is 10.7. The first-order chi connectivity index (χ1) is 25.4. The summed E-state index contributed by atoms with van der Waals surface area (Å²) in [5, 5.41) is 4.04. The molecule has 0 amide bonds. The summed E-state index contributed by atoms with van der Waals surface area (Å²) in [7, 11) is 0. The minimum absolute atomic E-state index is 0.0220. The molecule has 5 aromatic rings. The molecule has 0 fully saturated rings. The minimum Gasteiger partial charge on any atom is -0.329 e. The lowest BCUT2D eigenvalue weighted by molar-refractivity contribution is 0.736. The Morgan fingerprint density at radius 2 is 0.943 bits per heavy atom. The molecule has 0 saturated heterocycles. The summed E-state index contributed by atoms with van der Waals surface area (Å²) in [4.78, 5) is 24.4. The molecule has 0 spiro atoms. The van der Waals surface area contributed by atoms with Gasteiger partial charge in [-0.3, -0.25) is 9.78 Å². The Balaban J connectivity index is -0.0000000917. The molecule has 0 bridgehead atoms. The molecule has 53 heavy (non-hydrogen) atoms. The van der Waals surface area contributed by atoms with Crippen LogP contribution in [0.1, 0.15) is 157 Å². The van der Waals surface area contributed by atoms with E-state index in [-0.39, 0.29) is 5.56 Å². The number of pyridine rings is 3. The molecule has 0 radical (unpaired) electrons. The van der Waals surface area contributed by atoms with Crippen LogP contribution in [0.2, 0.25) is 0 Å². The smallest absolute Gasteiger partial charge is 0.248 e. The molecule has 0 aliphatic heterocycles. The third-order valence-corrected chi connectivity index (χ3v) is 3.82. The minimum atomic E-state index is -0.0220. The summed E-state index contributed by atoms with van der Waals surface area (Å²) in [5.41, 5.74) is 2.20. The van der Waals surface area contributed by atoms with Crippen molar-refractivity contribution in [2.24, 2.45) is 17.8 Å². The van der Waals surface area contributed by atoms with E-state index in [4.69, 9.17) is 0 Å². The molecule has 7 heteroatoms. The van der Waals surface area contributed by atoms with Crippen molar-refractivity contribution in [1.82, 2.24) is 29.5 Å². The molecular weight excluding hydrogens is 653 g/mol. The lowest BCUT2D eigenvalue weighted by atomic mass is 10.1. The third-order valence-electron chi connectivity index (χ3n) is 3.82. The van der Waals surface area contributed by atoms with Gasteiger partial charge in [-0.25, -0.2) is 14.5 Å². The molecule has 0 unspecified atom stereocenters. The Bertz CT molecular complexity index is 1150. The monoisotopic (exact) mass is 739 g/mol. The Morgan fingerprint density at radius 3 is 1.21 bits per heavy atom. The van der Waals surface area contributed by atoms with Gasteiger partial charge in [-0.2, -0.15) is 5.10 Å². The highest BCUT2D eigenvalue weighted by atomic mass is 16.1. The van der Waals surface area contributed by atoms with Gasteiger partial charge in [0.25, 0.3) is 0 Å². The van der Waals surface area contributed by atoms with E-state index >= 15 is 0 Å². The zero-order valence-electron chi connectivity index (χ0n) is 38.3. The van der Waals surface area contributed by atoms with Crippen molar-refractivity contribution >= 4 is 5.52 Å².